The normalized spacial score (nSPS) is 18.6. The number of nitrogens with one attached hydrogen (secondary N) is 1. The molecule has 1 aromatic carbocycles. The molecule has 0 bridgehead atoms. The summed E-state index contributed by atoms with van der Waals surface area (Å²) in [6.07, 6.45) is 7.42. The molecule has 1 aliphatic carbocycles. The summed E-state index contributed by atoms with van der Waals surface area (Å²) >= 11 is 1.21. The molecule has 2 fully saturated rings. The molecule has 2 atom stereocenters. The zero-order valence-corrected chi connectivity index (χ0v) is 23.7. The van der Waals surface area contributed by atoms with Crippen LogP contribution in [0.1, 0.15) is 61.8 Å². The highest BCUT2D eigenvalue weighted by Gasteiger charge is 2.33. The van der Waals surface area contributed by atoms with Crippen molar-refractivity contribution in [2.75, 3.05) is 13.7 Å². The Kier molecular flexibility index (Phi) is 7.47. The van der Waals surface area contributed by atoms with E-state index in [9.17, 15) is 18.8 Å². The van der Waals surface area contributed by atoms with Gasteiger partial charge in [0.25, 0.3) is 5.56 Å². The largest absolute Gasteiger partial charge is 0.496 e. The average Bonchev–Trinajstić information content (AvgIpc) is 3.72. The minimum atomic E-state index is -0.933. The van der Waals surface area contributed by atoms with Crippen molar-refractivity contribution in [3.05, 3.63) is 68.4 Å². The zero-order valence-electron chi connectivity index (χ0n) is 22.8. The number of aryl methyl sites for hydroxylation is 1. The number of carbonyl (C=O) groups is 1. The average molecular weight is 583 g/mol. The van der Waals surface area contributed by atoms with Crippen LogP contribution in [0.25, 0.3) is 15.2 Å². The Morgan fingerprint density at radius 2 is 1.88 bits per heavy atom. The van der Waals surface area contributed by atoms with Gasteiger partial charge < -0.3 is 14.8 Å². The van der Waals surface area contributed by atoms with Crippen molar-refractivity contribution in [2.45, 2.75) is 70.2 Å². The lowest BCUT2D eigenvalue weighted by Crippen LogP contribution is -2.44. The first-order valence-corrected chi connectivity index (χ1v) is 14.6. The van der Waals surface area contributed by atoms with E-state index >= 15 is 0 Å². The van der Waals surface area contributed by atoms with E-state index in [4.69, 9.17) is 9.47 Å². The highest BCUT2D eigenvalue weighted by Crippen LogP contribution is 2.36. The third-order valence-electron chi connectivity index (χ3n) is 7.95. The van der Waals surface area contributed by atoms with E-state index < -0.39 is 29.2 Å². The Morgan fingerprint density at radius 1 is 1.12 bits per heavy atom. The van der Waals surface area contributed by atoms with Gasteiger partial charge in [0.1, 0.15) is 33.5 Å². The molecule has 1 saturated heterocycles. The Labute approximate surface area is 238 Å². The molecule has 0 spiro atoms. The summed E-state index contributed by atoms with van der Waals surface area (Å²) in [7, 11) is 1.50. The molecule has 4 heterocycles. The summed E-state index contributed by atoms with van der Waals surface area (Å²) in [6, 6.07) is 3.29. The maximum Gasteiger partial charge on any atom is 0.332 e. The van der Waals surface area contributed by atoms with Crippen LogP contribution in [0.5, 0.6) is 5.75 Å². The van der Waals surface area contributed by atoms with E-state index in [-0.39, 0.29) is 18.6 Å². The predicted octanol–water partition coefficient (Wildman–Crippen LogP) is 3.41. The number of benzene rings is 1. The van der Waals surface area contributed by atoms with Gasteiger partial charge in [-0.1, -0.05) is 30.6 Å². The van der Waals surface area contributed by atoms with Crippen molar-refractivity contribution >= 4 is 27.5 Å². The highest BCUT2D eigenvalue weighted by atomic mass is 32.1. The Hall–Kier alpha value is -3.84. The maximum atomic E-state index is 14.6. The Balaban J connectivity index is 1.57. The number of amides is 1. The number of thiophene rings is 1. The summed E-state index contributed by atoms with van der Waals surface area (Å²) in [5.74, 6) is -0.398. The number of ether oxygens (including phenoxy) is 2. The van der Waals surface area contributed by atoms with Crippen LogP contribution in [-0.4, -0.2) is 49.8 Å². The first kappa shape index (κ1) is 27.3. The van der Waals surface area contributed by atoms with Crippen molar-refractivity contribution in [3.8, 4) is 10.8 Å². The molecular weight excluding hydrogens is 551 g/mol. The number of hydrogen-bond acceptors (Lipinski definition) is 8. The van der Waals surface area contributed by atoms with Crippen LogP contribution in [0, 0.1) is 12.7 Å². The predicted molar refractivity (Wildman–Crippen MR) is 150 cm³/mol. The number of nitrogens with zero attached hydrogens (tertiary/aromatic N) is 5. The maximum absolute atomic E-state index is 14.6. The van der Waals surface area contributed by atoms with Gasteiger partial charge in [0.15, 0.2) is 0 Å². The number of aromatic nitrogens is 5. The second-order valence-electron chi connectivity index (χ2n) is 10.5. The van der Waals surface area contributed by atoms with E-state index in [1.807, 2.05) is 0 Å². The third kappa shape index (κ3) is 4.97. The third-order valence-corrected chi connectivity index (χ3v) is 9.23. The van der Waals surface area contributed by atoms with Gasteiger partial charge in [-0.25, -0.2) is 13.8 Å². The highest BCUT2D eigenvalue weighted by molar-refractivity contribution is 7.21. The molecule has 11 nitrogen and oxygen atoms in total. The van der Waals surface area contributed by atoms with Crippen LogP contribution in [0.15, 0.2) is 40.2 Å². The standard InChI is InChI=1S/C28H31FN6O5S/c1-16-23-25(37)34(20-10-11-30-24(20)36)28(38)33(27(23)41-26(16)35-31-12-13-32-35)15-22(40-18-6-4-3-5-7-18)19-14-17(29)8-9-21(19)39-2/h8-9,12-14,18,20,22H,3-7,10-11,15H2,1-2H3,(H,30,36)/t20-,22-/m0/s1. The molecule has 2 aliphatic rings. The molecule has 1 aliphatic heterocycles. The molecule has 1 saturated carbocycles. The molecule has 1 amide bonds. The Morgan fingerprint density at radius 3 is 2.56 bits per heavy atom. The first-order chi connectivity index (χ1) is 19.9. The molecule has 0 radical (unpaired) electrons. The molecule has 13 heteroatoms. The van der Waals surface area contributed by atoms with Gasteiger partial charge >= 0.3 is 5.69 Å². The van der Waals surface area contributed by atoms with Crippen LogP contribution < -0.4 is 21.3 Å². The van der Waals surface area contributed by atoms with Gasteiger partial charge in [-0.2, -0.15) is 10.2 Å². The van der Waals surface area contributed by atoms with E-state index in [0.717, 1.165) is 36.7 Å². The van der Waals surface area contributed by atoms with Crippen molar-refractivity contribution in [2.24, 2.45) is 0 Å². The molecule has 1 N–H and O–H groups in total. The van der Waals surface area contributed by atoms with Gasteiger partial charge in [0.05, 0.1) is 37.5 Å². The second kappa shape index (κ2) is 11.2. The molecule has 6 rings (SSSR count). The molecule has 3 aromatic heterocycles. The summed E-state index contributed by atoms with van der Waals surface area (Å²) in [5, 5.41) is 12.1. The summed E-state index contributed by atoms with van der Waals surface area (Å²) in [4.78, 5) is 42.6. The Bertz CT molecular complexity index is 1710. The van der Waals surface area contributed by atoms with E-state index in [0.29, 0.717) is 45.1 Å². The lowest BCUT2D eigenvalue weighted by atomic mass is 9.97. The minimum absolute atomic E-state index is 0.0216. The SMILES string of the molecule is COc1ccc(F)cc1[C@H](Cn1c(=O)n([C@H]2CCNC2=O)c(=O)c2c(C)c(-n3nccn3)sc21)OC1CCCCC1. The van der Waals surface area contributed by atoms with E-state index in [1.165, 1.54) is 52.3 Å². The summed E-state index contributed by atoms with van der Waals surface area (Å²) in [6.45, 7) is 2.12. The summed E-state index contributed by atoms with van der Waals surface area (Å²) in [5.41, 5.74) is -0.0983. The van der Waals surface area contributed by atoms with Crippen LogP contribution in [0.4, 0.5) is 4.39 Å². The van der Waals surface area contributed by atoms with Crippen molar-refractivity contribution < 1.29 is 18.7 Å². The van der Waals surface area contributed by atoms with Crippen LogP contribution in [-0.2, 0) is 16.1 Å². The quantitative estimate of drug-likeness (QED) is 0.338. The summed E-state index contributed by atoms with van der Waals surface area (Å²) < 4.78 is 29.3. The van der Waals surface area contributed by atoms with E-state index in [2.05, 4.69) is 15.5 Å². The fourth-order valence-corrected chi connectivity index (χ4v) is 7.12. The smallest absolute Gasteiger partial charge is 0.332 e. The number of hydrogen-bond donors (Lipinski definition) is 1. The lowest BCUT2D eigenvalue weighted by molar-refractivity contribution is -0.122. The zero-order chi connectivity index (χ0) is 28.7. The van der Waals surface area contributed by atoms with Crippen LogP contribution >= 0.6 is 11.3 Å². The van der Waals surface area contributed by atoms with Gasteiger partial charge in [-0.15, -0.1) is 4.80 Å². The number of methoxy groups -OCH3 is 1. The van der Waals surface area contributed by atoms with Gasteiger partial charge in [-0.3, -0.25) is 14.2 Å². The van der Waals surface area contributed by atoms with Crippen molar-refractivity contribution in [3.63, 3.8) is 0 Å². The number of fused-ring (bicyclic) bond motifs is 1. The topological polar surface area (TPSA) is 122 Å². The fourth-order valence-electron chi connectivity index (χ4n) is 5.90. The van der Waals surface area contributed by atoms with Crippen molar-refractivity contribution in [1.82, 2.24) is 29.4 Å². The van der Waals surface area contributed by atoms with Gasteiger partial charge in [0.2, 0.25) is 5.91 Å². The number of carbonyl (C=O) groups excluding carboxylic acids is 1. The van der Waals surface area contributed by atoms with E-state index in [1.54, 1.807) is 13.0 Å². The van der Waals surface area contributed by atoms with Crippen LogP contribution in [0.2, 0.25) is 0 Å². The number of rotatable bonds is 8. The molecular formula is C28H31FN6O5S. The molecule has 0 unspecified atom stereocenters. The molecule has 216 valence electrons. The van der Waals surface area contributed by atoms with Crippen molar-refractivity contribution in [1.29, 1.82) is 0 Å². The number of halogens is 1. The minimum Gasteiger partial charge on any atom is -0.496 e. The lowest BCUT2D eigenvalue weighted by Gasteiger charge is -2.29. The molecule has 41 heavy (non-hydrogen) atoms. The molecule has 4 aromatic rings. The second-order valence-corrected chi connectivity index (χ2v) is 11.4. The van der Waals surface area contributed by atoms with Gasteiger partial charge in [0, 0.05) is 17.7 Å². The first-order valence-electron chi connectivity index (χ1n) is 13.8. The monoisotopic (exact) mass is 582 g/mol. The fraction of sp³-hybridized carbons (Fsp3) is 0.464. The van der Waals surface area contributed by atoms with Gasteiger partial charge in [-0.05, 0) is 44.4 Å². The van der Waals surface area contributed by atoms with Crippen LogP contribution in [0.3, 0.4) is 0 Å².